The lowest BCUT2D eigenvalue weighted by Gasteiger charge is -2.13. The minimum absolute atomic E-state index is 0.353. The summed E-state index contributed by atoms with van der Waals surface area (Å²) in [6, 6.07) is 22.1. The molecule has 0 radical (unpaired) electrons. The number of nitrogens with zero attached hydrogens (tertiary/aromatic N) is 2. The molecule has 11 nitrogen and oxygen atoms in total. The topological polar surface area (TPSA) is 192 Å². The van der Waals surface area contributed by atoms with Gasteiger partial charge < -0.3 is 32.5 Å². The maximum absolute atomic E-state index is 12.5. The lowest BCUT2D eigenvalue weighted by Crippen LogP contribution is -2.21. The minimum atomic E-state index is -5.08. The van der Waals surface area contributed by atoms with Crippen LogP contribution >= 0.6 is 0 Å². The second-order valence-electron chi connectivity index (χ2n) is 7.54. The van der Waals surface area contributed by atoms with E-state index in [0.717, 1.165) is 22.3 Å². The summed E-state index contributed by atoms with van der Waals surface area (Å²) in [6.07, 6.45) is -7.08. The lowest BCUT2D eigenvalue weighted by atomic mass is 10.0. The molecule has 3 aromatic rings. The Kier molecular flexibility index (Phi) is 13.0. The Balaban J connectivity index is 0.000000522. The standard InChI is InChI=1S/C21H20N6O.2C2HF3O2/c22-24-13-15-5-3-7-17(11-15)19-9-1-2-10-20(19)27-21(28)26-18-8-4-6-16(12-18)14-25-23;2*3-2(4,5)1(6)7/h1-14H,22-23H2,(H2,26,27,28);2*(H,6,7). The van der Waals surface area contributed by atoms with Gasteiger partial charge in [0, 0.05) is 11.3 Å². The van der Waals surface area contributed by atoms with Crippen molar-refractivity contribution in [2.45, 2.75) is 12.4 Å². The van der Waals surface area contributed by atoms with E-state index in [4.69, 9.17) is 31.5 Å². The zero-order valence-electron chi connectivity index (χ0n) is 21.0. The largest absolute Gasteiger partial charge is 0.490 e. The molecule has 3 aromatic carbocycles. The van der Waals surface area contributed by atoms with Gasteiger partial charge in [-0.1, -0.05) is 48.5 Å². The number of carboxylic acid groups (broad SMARTS) is 2. The number of carbonyl (C=O) groups is 3. The number of carbonyl (C=O) groups excluding carboxylic acids is 1. The van der Waals surface area contributed by atoms with Crippen LogP contribution in [0.25, 0.3) is 11.1 Å². The third kappa shape index (κ3) is 12.5. The molecule has 0 unspecified atom stereocenters. The molecule has 42 heavy (non-hydrogen) atoms. The van der Waals surface area contributed by atoms with E-state index in [1.54, 1.807) is 18.3 Å². The highest BCUT2D eigenvalue weighted by molar-refractivity contribution is 6.03. The van der Waals surface area contributed by atoms with E-state index in [0.29, 0.717) is 11.4 Å². The molecule has 0 aliphatic heterocycles. The summed E-state index contributed by atoms with van der Waals surface area (Å²) in [5.74, 6) is 4.89. The van der Waals surface area contributed by atoms with Crippen LogP contribution in [0.15, 0.2) is 83.0 Å². The van der Waals surface area contributed by atoms with E-state index < -0.39 is 24.3 Å². The van der Waals surface area contributed by atoms with Crippen molar-refractivity contribution in [3.8, 4) is 11.1 Å². The molecule has 0 heterocycles. The Morgan fingerprint density at radius 1 is 0.690 bits per heavy atom. The fourth-order valence-electron chi connectivity index (χ4n) is 2.78. The number of hydrogen-bond donors (Lipinski definition) is 6. The number of nitrogens with two attached hydrogens (primary N) is 2. The van der Waals surface area contributed by atoms with E-state index in [1.807, 2.05) is 60.7 Å². The third-order valence-corrected chi connectivity index (χ3v) is 4.45. The molecule has 0 aliphatic carbocycles. The van der Waals surface area contributed by atoms with E-state index in [-0.39, 0.29) is 6.03 Å². The molecule has 0 saturated heterocycles. The molecule has 0 atom stereocenters. The van der Waals surface area contributed by atoms with Gasteiger partial charge in [-0.3, -0.25) is 0 Å². The van der Waals surface area contributed by atoms with Crippen LogP contribution in [-0.4, -0.2) is 53.0 Å². The Morgan fingerprint density at radius 2 is 1.17 bits per heavy atom. The molecule has 224 valence electrons. The monoisotopic (exact) mass is 600 g/mol. The summed E-state index contributed by atoms with van der Waals surface area (Å²) in [4.78, 5) is 30.3. The first-order chi connectivity index (χ1) is 19.6. The van der Waals surface area contributed by atoms with Crippen LogP contribution in [0.1, 0.15) is 11.1 Å². The number of urea groups is 1. The van der Waals surface area contributed by atoms with Crippen LogP contribution in [0.5, 0.6) is 0 Å². The van der Waals surface area contributed by atoms with Crippen molar-refractivity contribution in [1.29, 1.82) is 0 Å². The quantitative estimate of drug-likeness (QED) is 0.104. The second kappa shape index (κ2) is 15.8. The van der Waals surface area contributed by atoms with Crippen molar-refractivity contribution in [2.24, 2.45) is 21.9 Å². The fraction of sp³-hybridized carbons (Fsp3) is 0.0800. The second-order valence-corrected chi connectivity index (χ2v) is 7.54. The molecule has 8 N–H and O–H groups in total. The number of nitrogens with one attached hydrogen (secondary N) is 2. The molecule has 0 fully saturated rings. The Labute approximate surface area is 233 Å². The molecule has 0 spiro atoms. The van der Waals surface area contributed by atoms with Crippen LogP contribution < -0.4 is 22.3 Å². The molecule has 17 heteroatoms. The maximum Gasteiger partial charge on any atom is 0.490 e. The molecule has 0 bridgehead atoms. The van der Waals surface area contributed by atoms with Crippen molar-refractivity contribution < 1.29 is 50.9 Å². The van der Waals surface area contributed by atoms with E-state index in [1.165, 1.54) is 6.21 Å². The highest BCUT2D eigenvalue weighted by Crippen LogP contribution is 2.28. The Bertz CT molecular complexity index is 1400. The van der Waals surface area contributed by atoms with Crippen molar-refractivity contribution in [3.05, 3.63) is 83.9 Å². The number of halogens is 6. The third-order valence-electron chi connectivity index (χ3n) is 4.45. The average molecular weight is 600 g/mol. The molecule has 0 aliphatic rings. The van der Waals surface area contributed by atoms with Gasteiger partial charge in [0.15, 0.2) is 0 Å². The van der Waals surface area contributed by atoms with Gasteiger partial charge in [0.1, 0.15) is 0 Å². The number of aliphatic carboxylic acids is 2. The predicted molar refractivity (Wildman–Crippen MR) is 142 cm³/mol. The van der Waals surface area contributed by atoms with Gasteiger partial charge in [-0.05, 0) is 41.0 Å². The number of amides is 2. The summed E-state index contributed by atoms with van der Waals surface area (Å²) in [5, 5.41) is 27.0. The number of rotatable bonds is 5. The van der Waals surface area contributed by atoms with Gasteiger partial charge >= 0.3 is 30.3 Å². The fourth-order valence-corrected chi connectivity index (χ4v) is 2.78. The summed E-state index contributed by atoms with van der Waals surface area (Å²) in [6.45, 7) is 0. The minimum Gasteiger partial charge on any atom is -0.475 e. The van der Waals surface area contributed by atoms with E-state index in [2.05, 4.69) is 20.8 Å². The number of alkyl halides is 6. The van der Waals surface area contributed by atoms with E-state index >= 15 is 0 Å². The molecular weight excluding hydrogens is 578 g/mol. The Hall–Kier alpha value is -5.61. The maximum atomic E-state index is 12.5. The molecule has 3 rings (SSSR count). The number of hydrazone groups is 2. The van der Waals surface area contributed by atoms with Crippen molar-refractivity contribution in [2.75, 3.05) is 10.6 Å². The predicted octanol–water partition coefficient (Wildman–Crippen LogP) is 4.85. The number of carboxylic acids is 2. The van der Waals surface area contributed by atoms with Crippen LogP contribution in [-0.2, 0) is 9.59 Å². The first-order valence-corrected chi connectivity index (χ1v) is 11.0. The van der Waals surface area contributed by atoms with Gasteiger partial charge in [0.25, 0.3) is 0 Å². The highest BCUT2D eigenvalue weighted by Gasteiger charge is 2.38. The number of hydrogen-bond acceptors (Lipinski definition) is 7. The van der Waals surface area contributed by atoms with Gasteiger partial charge in [0.05, 0.1) is 18.1 Å². The van der Waals surface area contributed by atoms with Crippen molar-refractivity contribution in [1.82, 2.24) is 0 Å². The SMILES string of the molecule is NN=Cc1cccc(NC(=O)Nc2ccccc2-c2cccc(C=NN)c2)c1.O=C(O)C(F)(F)F.O=C(O)C(F)(F)F. The first kappa shape index (κ1) is 34.4. The van der Waals surface area contributed by atoms with Gasteiger partial charge in [-0.15, -0.1) is 0 Å². The number of anilines is 2. The lowest BCUT2D eigenvalue weighted by molar-refractivity contribution is -0.193. The van der Waals surface area contributed by atoms with Gasteiger partial charge in [-0.25, -0.2) is 14.4 Å². The van der Waals surface area contributed by atoms with Crippen LogP contribution in [0, 0.1) is 0 Å². The van der Waals surface area contributed by atoms with Gasteiger partial charge in [-0.2, -0.15) is 36.5 Å². The molecule has 0 aromatic heterocycles. The summed E-state index contributed by atoms with van der Waals surface area (Å²) >= 11 is 0. The molecular formula is C25H22F6N6O5. The zero-order chi connectivity index (χ0) is 31.9. The van der Waals surface area contributed by atoms with Crippen molar-refractivity contribution >= 4 is 41.8 Å². The van der Waals surface area contributed by atoms with Crippen LogP contribution in [0.3, 0.4) is 0 Å². The van der Waals surface area contributed by atoms with Gasteiger partial charge in [0.2, 0.25) is 0 Å². The Morgan fingerprint density at radius 3 is 1.67 bits per heavy atom. The van der Waals surface area contributed by atoms with Crippen LogP contribution in [0.4, 0.5) is 42.5 Å². The van der Waals surface area contributed by atoms with E-state index in [9.17, 15) is 31.1 Å². The molecule has 0 saturated carbocycles. The number of para-hydroxylation sites is 1. The first-order valence-electron chi connectivity index (χ1n) is 11.0. The highest BCUT2D eigenvalue weighted by atomic mass is 19.4. The molecule has 2 amide bonds. The zero-order valence-corrected chi connectivity index (χ0v) is 21.0. The number of benzene rings is 3. The normalized spacial score (nSPS) is 11.1. The smallest absolute Gasteiger partial charge is 0.475 e. The summed E-state index contributed by atoms with van der Waals surface area (Å²) < 4.78 is 63.5. The summed E-state index contributed by atoms with van der Waals surface area (Å²) in [7, 11) is 0. The average Bonchev–Trinajstić information content (AvgIpc) is 2.89. The van der Waals surface area contributed by atoms with Crippen molar-refractivity contribution in [3.63, 3.8) is 0 Å². The van der Waals surface area contributed by atoms with Crippen LogP contribution in [0.2, 0.25) is 0 Å². The summed E-state index contributed by atoms with van der Waals surface area (Å²) in [5.41, 5.74) is 4.80.